The Labute approximate surface area is 202 Å². The molecule has 0 saturated heterocycles. The monoisotopic (exact) mass is 483 g/mol. The second kappa shape index (κ2) is 10.5. The summed E-state index contributed by atoms with van der Waals surface area (Å²) in [5.74, 6) is 1.08. The zero-order valence-electron chi connectivity index (χ0n) is 19.2. The van der Waals surface area contributed by atoms with Crippen molar-refractivity contribution in [3.05, 3.63) is 57.7 Å². The summed E-state index contributed by atoms with van der Waals surface area (Å²) in [6.45, 7) is 4.58. The number of hydrogen-bond donors (Lipinski definition) is 2. The van der Waals surface area contributed by atoms with E-state index in [1.807, 2.05) is 41.9 Å². The molecular formula is C24H29N5O2S2. The Morgan fingerprint density at radius 3 is 2.64 bits per heavy atom. The molecule has 0 bridgehead atoms. The summed E-state index contributed by atoms with van der Waals surface area (Å²) in [4.78, 5) is 27.2. The number of aromatic nitrogens is 3. The molecule has 0 radical (unpaired) electrons. The Kier molecular flexibility index (Phi) is 7.49. The number of hydrogen-bond acceptors (Lipinski definition) is 6. The van der Waals surface area contributed by atoms with Gasteiger partial charge >= 0.3 is 0 Å². The first-order chi connectivity index (χ1) is 15.9. The number of aryl methyl sites for hydroxylation is 1. The molecular weight excluding hydrogens is 454 g/mol. The van der Waals surface area contributed by atoms with Crippen molar-refractivity contribution in [1.29, 1.82) is 0 Å². The molecule has 0 saturated carbocycles. The van der Waals surface area contributed by atoms with E-state index in [1.165, 1.54) is 28.0 Å². The highest BCUT2D eigenvalue weighted by molar-refractivity contribution is 7.99. The minimum atomic E-state index is -0.148. The average molecular weight is 484 g/mol. The van der Waals surface area contributed by atoms with Crippen LogP contribution in [0.5, 0.6) is 0 Å². The van der Waals surface area contributed by atoms with Crippen molar-refractivity contribution in [3.63, 3.8) is 0 Å². The van der Waals surface area contributed by atoms with Gasteiger partial charge in [-0.25, -0.2) is 0 Å². The van der Waals surface area contributed by atoms with Crippen LogP contribution in [0.4, 0.5) is 5.00 Å². The van der Waals surface area contributed by atoms with Gasteiger partial charge in [0.05, 0.1) is 11.3 Å². The van der Waals surface area contributed by atoms with Gasteiger partial charge in [-0.2, -0.15) is 0 Å². The first-order valence-electron chi connectivity index (χ1n) is 11.2. The van der Waals surface area contributed by atoms with Crippen LogP contribution in [-0.2, 0) is 31.2 Å². The molecule has 2 N–H and O–H groups in total. The zero-order chi connectivity index (χ0) is 23.4. The molecule has 0 unspecified atom stereocenters. The van der Waals surface area contributed by atoms with Crippen LogP contribution in [0.2, 0.25) is 0 Å². The van der Waals surface area contributed by atoms with Crippen molar-refractivity contribution in [2.45, 2.75) is 57.1 Å². The molecule has 2 amide bonds. The van der Waals surface area contributed by atoms with Crippen LogP contribution >= 0.6 is 23.1 Å². The summed E-state index contributed by atoms with van der Waals surface area (Å²) in [6, 6.07) is 9.84. The number of anilines is 1. The fourth-order valence-electron chi connectivity index (χ4n) is 4.01. The maximum atomic E-state index is 13.2. The quantitative estimate of drug-likeness (QED) is 0.459. The maximum absolute atomic E-state index is 13.2. The smallest absolute Gasteiger partial charge is 0.254 e. The lowest BCUT2D eigenvalue weighted by Crippen LogP contribution is -2.25. The number of amides is 2. The molecule has 0 spiro atoms. The van der Waals surface area contributed by atoms with E-state index >= 15 is 0 Å². The van der Waals surface area contributed by atoms with Gasteiger partial charge in [-0.3, -0.25) is 9.59 Å². The topological polar surface area (TPSA) is 88.9 Å². The van der Waals surface area contributed by atoms with Crippen molar-refractivity contribution in [3.8, 4) is 0 Å². The molecule has 7 nitrogen and oxygen atoms in total. The fraction of sp³-hybridized carbons (Fsp3) is 0.417. The molecule has 1 aromatic carbocycles. The van der Waals surface area contributed by atoms with E-state index in [1.54, 1.807) is 0 Å². The number of carbonyl (C=O) groups excluding carboxylic acids is 2. The number of carbonyl (C=O) groups is 2. The third kappa shape index (κ3) is 5.47. The highest BCUT2D eigenvalue weighted by atomic mass is 32.2. The maximum Gasteiger partial charge on any atom is 0.254 e. The highest BCUT2D eigenvalue weighted by Crippen LogP contribution is 2.38. The Bertz CT molecular complexity index is 1140. The normalized spacial score (nSPS) is 13.1. The average Bonchev–Trinajstić information content (AvgIpc) is 3.36. The van der Waals surface area contributed by atoms with Crippen molar-refractivity contribution in [2.24, 2.45) is 7.05 Å². The number of thiophene rings is 1. The third-order valence-electron chi connectivity index (χ3n) is 5.66. The van der Waals surface area contributed by atoms with Crippen LogP contribution in [0.1, 0.15) is 64.8 Å². The van der Waals surface area contributed by atoms with Gasteiger partial charge < -0.3 is 15.2 Å². The molecule has 1 aliphatic rings. The second-order valence-electron chi connectivity index (χ2n) is 8.47. The van der Waals surface area contributed by atoms with Crippen LogP contribution in [0, 0.1) is 0 Å². The minimum Gasteiger partial charge on any atom is -0.348 e. The summed E-state index contributed by atoms with van der Waals surface area (Å²) >= 11 is 2.89. The molecule has 0 fully saturated rings. The SMILES string of the molecule is CC(C)c1nnc(SCC(=O)Nc2sc3c(c2C(=O)NCc2ccccc2)CCCC3)n1C. The van der Waals surface area contributed by atoms with E-state index in [9.17, 15) is 9.59 Å². The molecule has 1 aliphatic carbocycles. The Morgan fingerprint density at radius 2 is 1.91 bits per heavy atom. The van der Waals surface area contributed by atoms with Crippen LogP contribution in [0.15, 0.2) is 35.5 Å². The van der Waals surface area contributed by atoms with Gasteiger partial charge in [0.25, 0.3) is 5.91 Å². The summed E-state index contributed by atoms with van der Waals surface area (Å²) < 4.78 is 1.93. The van der Waals surface area contributed by atoms with Gasteiger partial charge in [0.1, 0.15) is 10.8 Å². The molecule has 9 heteroatoms. The van der Waals surface area contributed by atoms with Crippen molar-refractivity contribution >= 4 is 39.9 Å². The molecule has 3 aromatic rings. The summed E-state index contributed by atoms with van der Waals surface area (Å²) in [5, 5.41) is 15.8. The Morgan fingerprint density at radius 1 is 1.15 bits per heavy atom. The van der Waals surface area contributed by atoms with Gasteiger partial charge in [-0.1, -0.05) is 55.9 Å². The number of nitrogens with zero attached hydrogens (tertiary/aromatic N) is 3. The summed E-state index contributed by atoms with van der Waals surface area (Å²) in [6.07, 6.45) is 4.02. The van der Waals surface area contributed by atoms with Gasteiger partial charge in [-0.05, 0) is 36.8 Å². The number of thioether (sulfide) groups is 1. The van der Waals surface area contributed by atoms with Crippen LogP contribution in [0.25, 0.3) is 0 Å². The predicted octanol–water partition coefficient (Wildman–Crippen LogP) is 4.54. The van der Waals surface area contributed by atoms with Crippen molar-refractivity contribution < 1.29 is 9.59 Å². The van der Waals surface area contributed by atoms with E-state index in [0.29, 0.717) is 22.3 Å². The van der Waals surface area contributed by atoms with E-state index in [-0.39, 0.29) is 23.5 Å². The summed E-state index contributed by atoms with van der Waals surface area (Å²) in [7, 11) is 1.91. The number of benzene rings is 1. The largest absolute Gasteiger partial charge is 0.348 e. The van der Waals surface area contributed by atoms with Gasteiger partial charge in [0.15, 0.2) is 5.16 Å². The van der Waals surface area contributed by atoms with Gasteiger partial charge in [0.2, 0.25) is 5.91 Å². The van der Waals surface area contributed by atoms with Crippen molar-refractivity contribution in [2.75, 3.05) is 11.1 Å². The molecule has 2 heterocycles. The molecule has 174 valence electrons. The number of nitrogens with one attached hydrogen (secondary N) is 2. The predicted molar refractivity (Wildman–Crippen MR) is 133 cm³/mol. The van der Waals surface area contributed by atoms with Gasteiger partial charge in [0, 0.05) is 24.4 Å². The fourth-order valence-corrected chi connectivity index (χ4v) is 6.03. The molecule has 0 atom stereocenters. The van der Waals surface area contributed by atoms with Crippen LogP contribution in [0.3, 0.4) is 0 Å². The zero-order valence-corrected chi connectivity index (χ0v) is 20.8. The second-order valence-corrected chi connectivity index (χ2v) is 10.5. The molecule has 33 heavy (non-hydrogen) atoms. The third-order valence-corrected chi connectivity index (χ3v) is 7.89. The first kappa shape index (κ1) is 23.5. The molecule has 0 aliphatic heterocycles. The van der Waals surface area contributed by atoms with Crippen LogP contribution < -0.4 is 10.6 Å². The molecule has 2 aromatic heterocycles. The Balaban J connectivity index is 1.46. The minimum absolute atomic E-state index is 0.129. The lowest BCUT2D eigenvalue weighted by molar-refractivity contribution is -0.113. The first-order valence-corrected chi connectivity index (χ1v) is 13.0. The highest BCUT2D eigenvalue weighted by Gasteiger charge is 2.26. The van der Waals surface area contributed by atoms with Gasteiger partial charge in [-0.15, -0.1) is 21.5 Å². The van der Waals surface area contributed by atoms with E-state index in [4.69, 9.17) is 0 Å². The van der Waals surface area contributed by atoms with Crippen LogP contribution in [-0.4, -0.2) is 32.3 Å². The standard InChI is InChI=1S/C24H29N5O2S2/c1-15(2)21-27-28-24(29(21)3)32-14-19(30)26-23-20(17-11-7-8-12-18(17)33-23)22(31)25-13-16-9-5-4-6-10-16/h4-6,9-10,15H,7-8,11-14H2,1-3H3,(H,25,31)(H,26,30). The van der Waals surface area contributed by atoms with E-state index in [2.05, 4.69) is 34.7 Å². The summed E-state index contributed by atoms with van der Waals surface area (Å²) in [5.41, 5.74) is 2.76. The lowest BCUT2D eigenvalue weighted by Gasteiger charge is -2.13. The number of fused-ring (bicyclic) bond motifs is 1. The Hall–Kier alpha value is -2.65. The van der Waals surface area contributed by atoms with E-state index in [0.717, 1.165) is 42.6 Å². The van der Waals surface area contributed by atoms with Crippen molar-refractivity contribution in [1.82, 2.24) is 20.1 Å². The lowest BCUT2D eigenvalue weighted by atomic mass is 9.95. The molecule has 4 rings (SSSR count). The number of rotatable bonds is 8. The van der Waals surface area contributed by atoms with E-state index < -0.39 is 0 Å².